The van der Waals surface area contributed by atoms with Gasteiger partial charge in [-0.25, -0.2) is 0 Å². The predicted molar refractivity (Wildman–Crippen MR) is 97.9 cm³/mol. The Morgan fingerprint density at radius 2 is 1.79 bits per heavy atom. The fraction of sp³-hybridized carbons (Fsp3) is 0.714. The molecule has 132 valence electrons. The first-order valence-electron chi connectivity index (χ1n) is 9.85. The quantitative estimate of drug-likeness (QED) is 0.916. The van der Waals surface area contributed by atoms with Crippen molar-refractivity contribution < 1.29 is 4.74 Å². The second-order valence-corrected chi connectivity index (χ2v) is 8.38. The first kappa shape index (κ1) is 16.6. The highest BCUT2D eigenvalue weighted by atomic mass is 16.5. The van der Waals surface area contributed by atoms with Crippen molar-refractivity contribution in [1.29, 1.82) is 0 Å². The summed E-state index contributed by atoms with van der Waals surface area (Å²) >= 11 is 0. The Kier molecular flexibility index (Phi) is 4.93. The van der Waals surface area contributed by atoms with Crippen molar-refractivity contribution in [3.8, 4) is 0 Å². The minimum atomic E-state index is 0.404. The Bertz CT molecular complexity index is 524. The molecule has 0 unspecified atom stereocenters. The van der Waals surface area contributed by atoms with Gasteiger partial charge in [-0.05, 0) is 56.9 Å². The van der Waals surface area contributed by atoms with Crippen LogP contribution in [0.25, 0.3) is 0 Å². The van der Waals surface area contributed by atoms with Gasteiger partial charge in [0, 0.05) is 31.7 Å². The van der Waals surface area contributed by atoms with Crippen LogP contribution >= 0.6 is 0 Å². The molecule has 0 aromatic heterocycles. The molecule has 2 saturated heterocycles. The molecule has 0 bridgehead atoms. The van der Waals surface area contributed by atoms with Gasteiger partial charge in [0.2, 0.25) is 0 Å². The zero-order chi connectivity index (χ0) is 16.5. The molecule has 3 aliphatic rings. The van der Waals surface area contributed by atoms with Gasteiger partial charge in [0.1, 0.15) is 0 Å². The number of fused-ring (bicyclic) bond motifs is 1. The van der Waals surface area contributed by atoms with E-state index in [2.05, 4.69) is 54.4 Å². The van der Waals surface area contributed by atoms with E-state index in [1.165, 1.54) is 44.3 Å². The van der Waals surface area contributed by atoms with Crippen molar-refractivity contribution in [2.24, 2.45) is 11.8 Å². The van der Waals surface area contributed by atoms with Crippen LogP contribution in [-0.2, 0) is 11.3 Å². The van der Waals surface area contributed by atoms with Gasteiger partial charge < -0.3 is 10.1 Å². The van der Waals surface area contributed by atoms with Crippen LogP contribution in [0.4, 0.5) is 0 Å². The second kappa shape index (κ2) is 7.15. The summed E-state index contributed by atoms with van der Waals surface area (Å²) in [5.74, 6) is 1.75. The van der Waals surface area contributed by atoms with Crippen molar-refractivity contribution in [2.75, 3.05) is 13.1 Å². The molecule has 0 spiro atoms. The molecular weight excluding hydrogens is 296 g/mol. The first-order chi connectivity index (χ1) is 11.7. The average Bonchev–Trinajstić information content (AvgIpc) is 3.09. The summed E-state index contributed by atoms with van der Waals surface area (Å²) in [5, 5.41) is 4.03. The van der Waals surface area contributed by atoms with Crippen molar-refractivity contribution in [3.05, 3.63) is 35.9 Å². The van der Waals surface area contributed by atoms with Crippen LogP contribution in [0.5, 0.6) is 0 Å². The van der Waals surface area contributed by atoms with Crippen LogP contribution < -0.4 is 5.32 Å². The smallest absolute Gasteiger partial charge is 0.0565 e. The van der Waals surface area contributed by atoms with Gasteiger partial charge >= 0.3 is 0 Å². The lowest BCUT2D eigenvalue weighted by Crippen LogP contribution is -2.47. The zero-order valence-corrected chi connectivity index (χ0v) is 15.2. The summed E-state index contributed by atoms with van der Waals surface area (Å²) in [6, 6.07) is 12.3. The fourth-order valence-corrected chi connectivity index (χ4v) is 5.38. The standard InChI is InChI=1S/C21H32N2O/c1-15-10-19(11-16(2)24-15)22-21-9-8-18-13-23(14-20(18)21)12-17-6-4-3-5-7-17/h3-7,15-16,18-22H,8-14H2,1-2H3/t15-,16-,18-,20+,21-/m1/s1. The molecule has 1 aromatic carbocycles. The molecule has 3 heteroatoms. The molecule has 4 rings (SSSR count). The van der Waals surface area contributed by atoms with Gasteiger partial charge in [-0.3, -0.25) is 4.90 Å². The van der Waals surface area contributed by atoms with E-state index in [1.807, 2.05) is 0 Å². The van der Waals surface area contributed by atoms with E-state index >= 15 is 0 Å². The lowest BCUT2D eigenvalue weighted by atomic mass is 9.94. The van der Waals surface area contributed by atoms with Crippen LogP contribution in [0.2, 0.25) is 0 Å². The number of hydrogen-bond donors (Lipinski definition) is 1. The third-order valence-electron chi connectivity index (χ3n) is 6.33. The van der Waals surface area contributed by atoms with E-state index < -0.39 is 0 Å². The molecular formula is C21H32N2O. The van der Waals surface area contributed by atoms with Gasteiger partial charge in [-0.1, -0.05) is 30.3 Å². The number of ether oxygens (including phenoxy) is 1. The molecule has 0 radical (unpaired) electrons. The Morgan fingerprint density at radius 3 is 2.54 bits per heavy atom. The van der Waals surface area contributed by atoms with Gasteiger partial charge in [-0.2, -0.15) is 0 Å². The maximum Gasteiger partial charge on any atom is 0.0565 e. The largest absolute Gasteiger partial charge is 0.375 e. The van der Waals surface area contributed by atoms with Crippen molar-refractivity contribution in [2.45, 2.75) is 70.4 Å². The van der Waals surface area contributed by atoms with E-state index in [0.717, 1.165) is 24.4 Å². The number of benzene rings is 1. The SMILES string of the molecule is C[C@@H]1CC(N[C@@H]2CC[C@@H]3CN(Cc4ccccc4)C[C@@H]32)C[C@@H](C)O1. The molecule has 5 atom stereocenters. The second-order valence-electron chi connectivity index (χ2n) is 8.38. The average molecular weight is 329 g/mol. The van der Waals surface area contributed by atoms with Gasteiger partial charge in [0.25, 0.3) is 0 Å². The molecule has 3 fully saturated rings. The highest BCUT2D eigenvalue weighted by molar-refractivity contribution is 5.15. The number of likely N-dealkylation sites (tertiary alicyclic amines) is 1. The molecule has 2 heterocycles. The Hall–Kier alpha value is -0.900. The van der Waals surface area contributed by atoms with Crippen molar-refractivity contribution in [3.63, 3.8) is 0 Å². The van der Waals surface area contributed by atoms with Gasteiger partial charge in [0.05, 0.1) is 12.2 Å². The van der Waals surface area contributed by atoms with Gasteiger partial charge in [-0.15, -0.1) is 0 Å². The molecule has 0 amide bonds. The number of nitrogens with zero attached hydrogens (tertiary/aromatic N) is 1. The normalized spacial score (nSPS) is 39.9. The maximum atomic E-state index is 5.90. The minimum absolute atomic E-state index is 0.404. The monoisotopic (exact) mass is 328 g/mol. The summed E-state index contributed by atoms with van der Waals surface area (Å²) in [6.07, 6.45) is 5.93. The molecule has 1 N–H and O–H groups in total. The topological polar surface area (TPSA) is 24.5 Å². The summed E-state index contributed by atoms with van der Waals surface area (Å²) in [4.78, 5) is 2.67. The van der Waals surface area contributed by atoms with Crippen molar-refractivity contribution in [1.82, 2.24) is 10.2 Å². The highest BCUT2D eigenvalue weighted by Crippen LogP contribution is 2.39. The fourth-order valence-electron chi connectivity index (χ4n) is 5.38. The van der Waals surface area contributed by atoms with E-state index in [1.54, 1.807) is 0 Å². The Balaban J connectivity index is 1.33. The zero-order valence-electron chi connectivity index (χ0n) is 15.2. The molecule has 1 aromatic rings. The lowest BCUT2D eigenvalue weighted by Gasteiger charge is -2.35. The number of nitrogens with one attached hydrogen (secondary N) is 1. The lowest BCUT2D eigenvalue weighted by molar-refractivity contribution is -0.0442. The van der Waals surface area contributed by atoms with E-state index in [9.17, 15) is 0 Å². The third kappa shape index (κ3) is 3.68. The van der Waals surface area contributed by atoms with E-state index in [-0.39, 0.29) is 0 Å². The Labute approximate surface area is 146 Å². The third-order valence-corrected chi connectivity index (χ3v) is 6.33. The van der Waals surface area contributed by atoms with Gasteiger partial charge in [0.15, 0.2) is 0 Å². The minimum Gasteiger partial charge on any atom is -0.375 e. The van der Waals surface area contributed by atoms with Crippen LogP contribution in [0, 0.1) is 11.8 Å². The maximum absolute atomic E-state index is 5.90. The summed E-state index contributed by atoms with van der Waals surface area (Å²) in [7, 11) is 0. The van der Waals surface area contributed by atoms with Crippen molar-refractivity contribution >= 4 is 0 Å². The number of rotatable bonds is 4. The number of hydrogen-bond acceptors (Lipinski definition) is 3. The van der Waals surface area contributed by atoms with Crippen LogP contribution in [0.15, 0.2) is 30.3 Å². The van der Waals surface area contributed by atoms with E-state index in [0.29, 0.717) is 18.2 Å². The molecule has 2 aliphatic heterocycles. The molecule has 24 heavy (non-hydrogen) atoms. The summed E-state index contributed by atoms with van der Waals surface area (Å²) in [5.41, 5.74) is 1.45. The molecule has 1 aliphatic carbocycles. The van der Waals surface area contributed by atoms with Crippen LogP contribution in [0.3, 0.4) is 0 Å². The molecule has 1 saturated carbocycles. The highest BCUT2D eigenvalue weighted by Gasteiger charge is 2.43. The van der Waals surface area contributed by atoms with Crippen LogP contribution in [0.1, 0.15) is 45.1 Å². The first-order valence-corrected chi connectivity index (χ1v) is 9.85. The summed E-state index contributed by atoms with van der Waals surface area (Å²) < 4.78 is 5.90. The predicted octanol–water partition coefficient (Wildman–Crippen LogP) is 3.44. The summed E-state index contributed by atoms with van der Waals surface area (Å²) in [6.45, 7) is 8.12. The van der Waals surface area contributed by atoms with Crippen LogP contribution in [-0.4, -0.2) is 42.3 Å². The molecule has 3 nitrogen and oxygen atoms in total. The Morgan fingerprint density at radius 1 is 1.04 bits per heavy atom. The van der Waals surface area contributed by atoms with E-state index in [4.69, 9.17) is 4.74 Å².